The molecular formula is C19H15N3O5S. The van der Waals surface area contributed by atoms with Gasteiger partial charge in [0.1, 0.15) is 0 Å². The van der Waals surface area contributed by atoms with Gasteiger partial charge in [-0.2, -0.15) is 0 Å². The molecule has 0 fully saturated rings. The first-order valence-electron chi connectivity index (χ1n) is 8.61. The van der Waals surface area contributed by atoms with Crippen LogP contribution in [0.3, 0.4) is 0 Å². The summed E-state index contributed by atoms with van der Waals surface area (Å²) in [4.78, 5) is 39.4. The Hall–Kier alpha value is -3.20. The van der Waals surface area contributed by atoms with Crippen LogP contribution in [0.5, 0.6) is 0 Å². The Balaban J connectivity index is 1.60. The van der Waals surface area contributed by atoms with Crippen LogP contribution in [-0.4, -0.2) is 32.6 Å². The molecule has 28 heavy (non-hydrogen) atoms. The fraction of sp³-hybridized carbons (Fsp3) is 0.211. The largest absolute Gasteiger partial charge is 0.419 e. The second-order valence-electron chi connectivity index (χ2n) is 6.21. The van der Waals surface area contributed by atoms with Crippen LogP contribution in [0, 0.1) is 10.1 Å². The van der Waals surface area contributed by atoms with E-state index in [0.717, 1.165) is 17.3 Å². The standard InChI is InChI=1S/C19H15N3O5S/c23-18(12-1-4-14(5-2-12)22(25)26)13-3-6-15-16(11-13)27-19(24)21(15)9-7-17-20-8-10-28-17/h1-6,11H,7-10H2. The van der Waals surface area contributed by atoms with E-state index in [-0.39, 0.29) is 11.5 Å². The van der Waals surface area contributed by atoms with Gasteiger partial charge >= 0.3 is 5.76 Å². The molecule has 0 saturated carbocycles. The van der Waals surface area contributed by atoms with E-state index in [2.05, 4.69) is 4.99 Å². The number of aryl methyl sites for hydroxylation is 1. The lowest BCUT2D eigenvalue weighted by atomic mass is 10.0. The van der Waals surface area contributed by atoms with Crippen molar-refractivity contribution in [3.63, 3.8) is 0 Å². The average Bonchev–Trinajstić information content (AvgIpc) is 3.32. The molecule has 0 radical (unpaired) electrons. The topological polar surface area (TPSA) is 108 Å². The second-order valence-corrected chi connectivity index (χ2v) is 7.38. The number of nitrogens with zero attached hydrogens (tertiary/aromatic N) is 3. The van der Waals surface area contributed by atoms with E-state index < -0.39 is 10.7 Å². The van der Waals surface area contributed by atoms with Crippen molar-refractivity contribution < 1.29 is 14.1 Å². The van der Waals surface area contributed by atoms with Gasteiger partial charge in [-0.25, -0.2) is 4.79 Å². The summed E-state index contributed by atoms with van der Waals surface area (Å²) in [6.45, 7) is 1.28. The molecule has 0 saturated heterocycles. The predicted molar refractivity (Wildman–Crippen MR) is 106 cm³/mol. The number of benzene rings is 2. The fourth-order valence-corrected chi connectivity index (χ4v) is 3.90. The van der Waals surface area contributed by atoms with Gasteiger partial charge in [0.05, 0.1) is 15.5 Å². The summed E-state index contributed by atoms with van der Waals surface area (Å²) in [7, 11) is 0. The van der Waals surface area contributed by atoms with Gasteiger partial charge in [0.25, 0.3) is 5.69 Å². The highest BCUT2D eigenvalue weighted by atomic mass is 32.2. The Labute approximate surface area is 163 Å². The van der Waals surface area contributed by atoms with Gasteiger partial charge in [-0.3, -0.25) is 24.5 Å². The van der Waals surface area contributed by atoms with Gasteiger partial charge in [0.2, 0.25) is 0 Å². The summed E-state index contributed by atoms with van der Waals surface area (Å²) in [5.41, 5.74) is 1.54. The van der Waals surface area contributed by atoms with Crippen molar-refractivity contribution in [3.05, 3.63) is 74.3 Å². The van der Waals surface area contributed by atoms with E-state index in [1.165, 1.54) is 34.9 Å². The average molecular weight is 397 g/mol. The molecule has 0 amide bonds. The molecule has 0 atom stereocenters. The van der Waals surface area contributed by atoms with Crippen molar-refractivity contribution in [2.75, 3.05) is 12.3 Å². The van der Waals surface area contributed by atoms with Crippen LogP contribution in [0.4, 0.5) is 5.69 Å². The number of carbonyl (C=O) groups excluding carboxylic acids is 1. The highest BCUT2D eigenvalue weighted by Gasteiger charge is 2.16. The number of hydrogen-bond acceptors (Lipinski definition) is 7. The van der Waals surface area contributed by atoms with E-state index in [1.807, 2.05) is 0 Å². The number of rotatable bonds is 6. The Bertz CT molecular complexity index is 1160. The quantitative estimate of drug-likeness (QED) is 0.359. The summed E-state index contributed by atoms with van der Waals surface area (Å²) < 4.78 is 6.85. The van der Waals surface area contributed by atoms with Crippen LogP contribution >= 0.6 is 11.8 Å². The summed E-state index contributed by atoms with van der Waals surface area (Å²) >= 11 is 1.70. The molecule has 2 heterocycles. The SMILES string of the molecule is O=C(c1ccc([N+](=O)[O-])cc1)c1ccc2c(c1)oc(=O)n2CCC1=NCCS1. The number of hydrogen-bond donors (Lipinski definition) is 0. The smallest absolute Gasteiger partial charge is 0.408 e. The third-order valence-electron chi connectivity index (χ3n) is 4.47. The van der Waals surface area contributed by atoms with Crippen LogP contribution in [0.1, 0.15) is 22.3 Å². The molecular weight excluding hydrogens is 382 g/mol. The fourth-order valence-electron chi connectivity index (χ4n) is 3.06. The Morgan fingerprint density at radius 2 is 1.96 bits per heavy atom. The lowest BCUT2D eigenvalue weighted by molar-refractivity contribution is -0.384. The van der Waals surface area contributed by atoms with Crippen molar-refractivity contribution in [3.8, 4) is 0 Å². The van der Waals surface area contributed by atoms with Crippen LogP contribution in [0.2, 0.25) is 0 Å². The van der Waals surface area contributed by atoms with Gasteiger partial charge in [0, 0.05) is 48.5 Å². The van der Waals surface area contributed by atoms with E-state index in [4.69, 9.17) is 4.42 Å². The molecule has 4 rings (SSSR count). The number of non-ortho nitro benzene ring substituents is 1. The molecule has 0 unspecified atom stereocenters. The molecule has 8 nitrogen and oxygen atoms in total. The molecule has 0 spiro atoms. The summed E-state index contributed by atoms with van der Waals surface area (Å²) in [6.07, 6.45) is 0.669. The van der Waals surface area contributed by atoms with Gasteiger partial charge in [0.15, 0.2) is 11.4 Å². The summed E-state index contributed by atoms with van der Waals surface area (Å²) in [6, 6.07) is 10.2. The molecule has 3 aromatic rings. The number of aromatic nitrogens is 1. The monoisotopic (exact) mass is 397 g/mol. The lowest BCUT2D eigenvalue weighted by Crippen LogP contribution is -2.15. The van der Waals surface area contributed by atoms with Gasteiger partial charge in [-0.15, -0.1) is 11.8 Å². The highest BCUT2D eigenvalue weighted by molar-refractivity contribution is 8.14. The molecule has 2 aromatic carbocycles. The normalized spacial score (nSPS) is 13.6. The minimum Gasteiger partial charge on any atom is -0.408 e. The Morgan fingerprint density at radius 1 is 1.21 bits per heavy atom. The zero-order valence-electron chi connectivity index (χ0n) is 14.7. The maximum Gasteiger partial charge on any atom is 0.419 e. The van der Waals surface area contributed by atoms with Crippen LogP contribution in [0.15, 0.2) is 56.7 Å². The number of fused-ring (bicyclic) bond motifs is 1. The maximum absolute atomic E-state index is 12.6. The minimum absolute atomic E-state index is 0.0832. The van der Waals surface area contributed by atoms with Gasteiger partial charge in [-0.05, 0) is 30.3 Å². The number of aliphatic imine (C=N–C) groups is 1. The zero-order chi connectivity index (χ0) is 19.7. The Kier molecular flexibility index (Phi) is 4.82. The number of carbonyl (C=O) groups is 1. The number of nitro benzene ring substituents is 1. The van der Waals surface area contributed by atoms with E-state index >= 15 is 0 Å². The summed E-state index contributed by atoms with van der Waals surface area (Å²) in [5.74, 6) is 0.201. The predicted octanol–water partition coefficient (Wildman–Crippen LogP) is 3.27. The molecule has 1 aliphatic heterocycles. The molecule has 0 bridgehead atoms. The van der Waals surface area contributed by atoms with Crippen molar-refractivity contribution in [1.29, 1.82) is 0 Å². The van der Waals surface area contributed by atoms with E-state index in [9.17, 15) is 19.7 Å². The highest BCUT2D eigenvalue weighted by Crippen LogP contribution is 2.21. The van der Waals surface area contributed by atoms with Crippen molar-refractivity contribution in [1.82, 2.24) is 4.57 Å². The maximum atomic E-state index is 12.6. The minimum atomic E-state index is -0.520. The second kappa shape index (κ2) is 7.43. The van der Waals surface area contributed by atoms with E-state index in [0.29, 0.717) is 35.2 Å². The molecule has 1 aliphatic rings. The first-order valence-corrected chi connectivity index (χ1v) is 9.60. The Morgan fingerprint density at radius 3 is 2.64 bits per heavy atom. The summed E-state index contributed by atoms with van der Waals surface area (Å²) in [5, 5.41) is 11.8. The number of ketones is 1. The third kappa shape index (κ3) is 3.48. The number of oxazole rings is 1. The molecule has 9 heteroatoms. The van der Waals surface area contributed by atoms with Crippen LogP contribution in [-0.2, 0) is 6.54 Å². The zero-order valence-corrected chi connectivity index (χ0v) is 15.5. The van der Waals surface area contributed by atoms with Crippen LogP contribution in [0.25, 0.3) is 11.1 Å². The molecule has 142 valence electrons. The van der Waals surface area contributed by atoms with Crippen molar-refractivity contribution >= 4 is 39.4 Å². The number of nitro groups is 1. The molecule has 1 aromatic heterocycles. The molecule has 0 N–H and O–H groups in total. The van der Waals surface area contributed by atoms with Gasteiger partial charge < -0.3 is 4.42 Å². The number of thioether (sulfide) groups is 1. The van der Waals surface area contributed by atoms with Crippen molar-refractivity contribution in [2.24, 2.45) is 4.99 Å². The first-order chi connectivity index (χ1) is 13.5. The first kappa shape index (κ1) is 18.2. The lowest BCUT2D eigenvalue weighted by Gasteiger charge is -2.03. The molecule has 0 aliphatic carbocycles. The van der Waals surface area contributed by atoms with Crippen molar-refractivity contribution in [2.45, 2.75) is 13.0 Å². The van der Waals surface area contributed by atoms with Crippen LogP contribution < -0.4 is 5.76 Å². The third-order valence-corrected chi connectivity index (χ3v) is 5.52. The van der Waals surface area contributed by atoms with Gasteiger partial charge in [-0.1, -0.05) is 0 Å². The van der Waals surface area contributed by atoms with E-state index in [1.54, 1.807) is 23.9 Å².